The number of nitro groups is 1. The smallest absolute Gasteiger partial charge is 0.288 e. The van der Waals surface area contributed by atoms with E-state index in [-0.39, 0.29) is 10.7 Å². The highest BCUT2D eigenvalue weighted by atomic mass is 35.5. The van der Waals surface area contributed by atoms with Crippen molar-refractivity contribution in [1.82, 2.24) is 10.2 Å². The molecule has 0 saturated carbocycles. The van der Waals surface area contributed by atoms with Crippen molar-refractivity contribution in [2.45, 2.75) is 44.3 Å². The summed E-state index contributed by atoms with van der Waals surface area (Å²) in [6.45, 7) is 2.95. The molecular formula is C15H20ClN3O2. The number of benzene rings is 1. The lowest BCUT2D eigenvalue weighted by Gasteiger charge is -2.29. The summed E-state index contributed by atoms with van der Waals surface area (Å²) in [6, 6.07) is 6.28. The molecule has 6 heteroatoms. The Morgan fingerprint density at radius 2 is 2.24 bits per heavy atom. The van der Waals surface area contributed by atoms with Gasteiger partial charge in [-0.05, 0) is 50.4 Å². The maximum Gasteiger partial charge on any atom is 0.288 e. The molecule has 2 aliphatic rings. The van der Waals surface area contributed by atoms with E-state index < -0.39 is 4.92 Å². The average molecular weight is 310 g/mol. The number of hydrogen-bond acceptors (Lipinski definition) is 4. The Hall–Kier alpha value is -1.17. The number of nitrogens with zero attached hydrogens (tertiary/aromatic N) is 2. The van der Waals surface area contributed by atoms with E-state index in [1.54, 1.807) is 12.1 Å². The predicted octanol–water partition coefficient (Wildman–Crippen LogP) is 2.96. The van der Waals surface area contributed by atoms with E-state index in [4.69, 9.17) is 11.6 Å². The van der Waals surface area contributed by atoms with Gasteiger partial charge in [0.2, 0.25) is 0 Å². The molecule has 0 aliphatic carbocycles. The summed E-state index contributed by atoms with van der Waals surface area (Å²) in [7, 11) is 0. The van der Waals surface area contributed by atoms with Crippen LogP contribution in [-0.4, -0.2) is 35.0 Å². The number of nitro benzene ring substituents is 1. The van der Waals surface area contributed by atoms with Crippen LogP contribution in [-0.2, 0) is 6.54 Å². The number of hydrogen-bond donors (Lipinski definition) is 1. The Balaban J connectivity index is 1.73. The quantitative estimate of drug-likeness (QED) is 0.686. The van der Waals surface area contributed by atoms with Gasteiger partial charge in [-0.25, -0.2) is 0 Å². The minimum atomic E-state index is -0.411. The van der Waals surface area contributed by atoms with Crippen molar-refractivity contribution in [1.29, 1.82) is 0 Å². The molecule has 0 aromatic heterocycles. The van der Waals surface area contributed by atoms with E-state index in [1.807, 2.05) is 6.07 Å². The maximum absolute atomic E-state index is 11.0. The molecule has 0 amide bonds. The summed E-state index contributed by atoms with van der Waals surface area (Å²) in [5.41, 5.74) is 0.972. The fourth-order valence-electron chi connectivity index (χ4n) is 3.57. The van der Waals surface area contributed by atoms with Gasteiger partial charge in [0.1, 0.15) is 5.02 Å². The van der Waals surface area contributed by atoms with E-state index in [0.717, 1.165) is 25.2 Å². The van der Waals surface area contributed by atoms with Crippen LogP contribution in [0.2, 0.25) is 5.02 Å². The molecule has 2 fully saturated rings. The molecule has 0 spiro atoms. The zero-order chi connectivity index (χ0) is 14.8. The molecule has 0 radical (unpaired) electrons. The molecule has 2 saturated heterocycles. The highest BCUT2D eigenvalue weighted by Gasteiger charge is 2.33. The topological polar surface area (TPSA) is 58.4 Å². The Kier molecular flexibility index (Phi) is 4.42. The monoisotopic (exact) mass is 309 g/mol. The molecule has 3 rings (SSSR count). The first-order valence-corrected chi connectivity index (χ1v) is 7.93. The third-order valence-corrected chi connectivity index (χ3v) is 4.89. The lowest BCUT2D eigenvalue weighted by atomic mass is 10.0. The van der Waals surface area contributed by atoms with Gasteiger partial charge in [0.05, 0.1) is 4.92 Å². The first-order chi connectivity index (χ1) is 10.1. The summed E-state index contributed by atoms with van der Waals surface area (Å²) in [5.74, 6) is 0. The van der Waals surface area contributed by atoms with Gasteiger partial charge in [0.25, 0.3) is 5.69 Å². The average Bonchev–Trinajstić information content (AvgIpc) is 3.11. The summed E-state index contributed by atoms with van der Waals surface area (Å²) < 4.78 is 0. The first kappa shape index (κ1) is 14.8. The summed E-state index contributed by atoms with van der Waals surface area (Å²) >= 11 is 5.87. The van der Waals surface area contributed by atoms with E-state index in [0.29, 0.717) is 12.1 Å². The van der Waals surface area contributed by atoms with Crippen molar-refractivity contribution in [3.05, 3.63) is 38.9 Å². The van der Waals surface area contributed by atoms with E-state index in [2.05, 4.69) is 10.2 Å². The molecule has 5 nitrogen and oxygen atoms in total. The Labute approximate surface area is 129 Å². The molecule has 1 N–H and O–H groups in total. The minimum absolute atomic E-state index is 0.00362. The Morgan fingerprint density at radius 3 is 2.95 bits per heavy atom. The standard InChI is InChI=1S/C15H20ClN3O2/c16-12-6-5-11(9-15(12)19(20)21)10-18-8-2-4-14(18)13-3-1-7-17-13/h5-6,9,13-14,17H,1-4,7-8,10H2. The highest BCUT2D eigenvalue weighted by Crippen LogP contribution is 2.29. The molecule has 0 bridgehead atoms. The zero-order valence-corrected chi connectivity index (χ0v) is 12.7. The van der Waals surface area contributed by atoms with Crippen molar-refractivity contribution in [2.75, 3.05) is 13.1 Å². The largest absolute Gasteiger partial charge is 0.312 e. The summed E-state index contributed by atoms with van der Waals surface area (Å²) in [5, 5.41) is 14.8. The molecule has 2 atom stereocenters. The molecule has 2 aliphatic heterocycles. The van der Waals surface area contributed by atoms with E-state index >= 15 is 0 Å². The summed E-state index contributed by atoms with van der Waals surface area (Å²) in [4.78, 5) is 13.0. The van der Waals surface area contributed by atoms with Crippen LogP contribution in [0.25, 0.3) is 0 Å². The van der Waals surface area contributed by atoms with Gasteiger partial charge in [-0.1, -0.05) is 17.7 Å². The molecule has 2 unspecified atom stereocenters. The van der Waals surface area contributed by atoms with Gasteiger partial charge >= 0.3 is 0 Å². The fourth-order valence-corrected chi connectivity index (χ4v) is 3.76. The molecule has 2 heterocycles. The number of rotatable bonds is 4. The van der Waals surface area contributed by atoms with Gasteiger partial charge in [-0.2, -0.15) is 0 Å². The Bertz CT molecular complexity index is 532. The maximum atomic E-state index is 11.0. The van der Waals surface area contributed by atoms with Crippen LogP contribution in [0.3, 0.4) is 0 Å². The fraction of sp³-hybridized carbons (Fsp3) is 0.600. The van der Waals surface area contributed by atoms with Gasteiger partial charge in [0.15, 0.2) is 0 Å². The van der Waals surface area contributed by atoms with Gasteiger partial charge in [-0.3, -0.25) is 15.0 Å². The lowest BCUT2D eigenvalue weighted by molar-refractivity contribution is -0.384. The third-order valence-electron chi connectivity index (χ3n) is 4.57. The van der Waals surface area contributed by atoms with Crippen LogP contribution in [0, 0.1) is 10.1 Å². The van der Waals surface area contributed by atoms with Crippen LogP contribution in [0.15, 0.2) is 18.2 Å². The van der Waals surface area contributed by atoms with Crippen LogP contribution in [0.4, 0.5) is 5.69 Å². The number of likely N-dealkylation sites (tertiary alicyclic amines) is 1. The number of nitrogens with one attached hydrogen (secondary N) is 1. The van der Waals surface area contributed by atoms with Crippen molar-refractivity contribution >= 4 is 17.3 Å². The van der Waals surface area contributed by atoms with Crippen molar-refractivity contribution < 1.29 is 4.92 Å². The van der Waals surface area contributed by atoms with Crippen LogP contribution in [0.5, 0.6) is 0 Å². The lowest BCUT2D eigenvalue weighted by Crippen LogP contribution is -2.43. The molecular weight excluding hydrogens is 290 g/mol. The van der Waals surface area contributed by atoms with Crippen LogP contribution < -0.4 is 5.32 Å². The minimum Gasteiger partial charge on any atom is -0.312 e. The summed E-state index contributed by atoms with van der Waals surface area (Å²) in [6.07, 6.45) is 4.91. The molecule has 1 aromatic carbocycles. The first-order valence-electron chi connectivity index (χ1n) is 7.55. The second-order valence-corrected chi connectivity index (χ2v) is 6.33. The molecule has 21 heavy (non-hydrogen) atoms. The van der Waals surface area contributed by atoms with Gasteiger partial charge in [0, 0.05) is 24.7 Å². The van der Waals surface area contributed by atoms with Crippen molar-refractivity contribution in [3.63, 3.8) is 0 Å². The SMILES string of the molecule is O=[N+]([O-])c1cc(CN2CCCC2C2CCCN2)ccc1Cl. The van der Waals surface area contributed by atoms with Crippen LogP contribution >= 0.6 is 11.6 Å². The van der Waals surface area contributed by atoms with Crippen molar-refractivity contribution in [2.24, 2.45) is 0 Å². The van der Waals surface area contributed by atoms with Crippen molar-refractivity contribution in [3.8, 4) is 0 Å². The highest BCUT2D eigenvalue weighted by molar-refractivity contribution is 6.32. The molecule has 114 valence electrons. The van der Waals surface area contributed by atoms with Gasteiger partial charge < -0.3 is 5.32 Å². The van der Waals surface area contributed by atoms with Gasteiger partial charge in [-0.15, -0.1) is 0 Å². The molecule has 1 aromatic rings. The zero-order valence-electron chi connectivity index (χ0n) is 11.9. The predicted molar refractivity (Wildman–Crippen MR) is 82.6 cm³/mol. The van der Waals surface area contributed by atoms with E-state index in [9.17, 15) is 10.1 Å². The second kappa shape index (κ2) is 6.30. The normalized spacial score (nSPS) is 26.3. The second-order valence-electron chi connectivity index (χ2n) is 5.93. The Morgan fingerprint density at radius 1 is 1.38 bits per heavy atom. The number of halogens is 1. The third kappa shape index (κ3) is 3.20. The van der Waals surface area contributed by atoms with Crippen LogP contribution in [0.1, 0.15) is 31.2 Å². The van der Waals surface area contributed by atoms with E-state index in [1.165, 1.54) is 25.7 Å².